The third-order valence-corrected chi connectivity index (χ3v) is 3.49. The van der Waals surface area contributed by atoms with Crippen LogP contribution >= 0.6 is 0 Å². The van der Waals surface area contributed by atoms with Crippen LogP contribution in [0, 0.1) is 5.92 Å². The number of methoxy groups -OCH3 is 1. The maximum Gasteiger partial charge on any atom is 0.240 e. The molecule has 17 heavy (non-hydrogen) atoms. The number of nitrogens with one attached hydrogen (secondary N) is 1. The van der Waals surface area contributed by atoms with Crippen LogP contribution in [-0.4, -0.2) is 18.7 Å². The minimum absolute atomic E-state index is 0.0186. The van der Waals surface area contributed by atoms with Gasteiger partial charge in [-0.1, -0.05) is 12.1 Å². The molecule has 0 aromatic heterocycles. The average molecular weight is 230 g/mol. The fourth-order valence-corrected chi connectivity index (χ4v) is 2.67. The number of carbonyl (C=O) groups is 1. The van der Waals surface area contributed by atoms with E-state index in [0.717, 1.165) is 29.9 Å². The third-order valence-electron chi connectivity index (χ3n) is 3.49. The number of carbonyl (C=O) groups excluding carboxylic acids is 1. The Morgan fingerprint density at radius 3 is 3.18 bits per heavy atom. The standard InChI is InChI=1S/C13H14N2O2/c1-17-11-4-2-3-10-9(11)6-5-8-7-12(16)14-15-13(8)10/h2-4,8H,5-7H2,1H3,(H,14,16)/t8-/m0/s1. The molecule has 0 unspecified atom stereocenters. The normalized spacial score (nSPS) is 22.1. The first-order valence-electron chi connectivity index (χ1n) is 5.82. The van der Waals surface area contributed by atoms with Gasteiger partial charge in [-0.3, -0.25) is 4.79 Å². The Kier molecular flexibility index (Phi) is 2.35. The van der Waals surface area contributed by atoms with Crippen LogP contribution in [0.15, 0.2) is 23.3 Å². The summed E-state index contributed by atoms with van der Waals surface area (Å²) in [5.74, 6) is 1.20. The molecular weight excluding hydrogens is 216 g/mol. The smallest absolute Gasteiger partial charge is 0.240 e. The highest BCUT2D eigenvalue weighted by Gasteiger charge is 2.31. The number of ether oxygens (including phenoxy) is 1. The zero-order chi connectivity index (χ0) is 11.8. The van der Waals surface area contributed by atoms with Crippen molar-refractivity contribution in [2.24, 2.45) is 11.0 Å². The molecule has 2 aliphatic rings. The second-order valence-electron chi connectivity index (χ2n) is 4.46. The molecule has 1 aromatic rings. The lowest BCUT2D eigenvalue weighted by atomic mass is 9.79. The predicted octanol–water partition coefficient (Wildman–Crippen LogP) is 1.48. The highest BCUT2D eigenvalue weighted by Crippen LogP contribution is 2.34. The Balaban J connectivity index is 2.10. The van der Waals surface area contributed by atoms with Crippen molar-refractivity contribution >= 4 is 11.6 Å². The summed E-state index contributed by atoms with van der Waals surface area (Å²) in [5, 5.41) is 4.21. The summed E-state index contributed by atoms with van der Waals surface area (Å²) in [4.78, 5) is 11.3. The molecule has 0 radical (unpaired) electrons. The van der Waals surface area contributed by atoms with Crippen LogP contribution in [0.2, 0.25) is 0 Å². The van der Waals surface area contributed by atoms with Crippen LogP contribution in [-0.2, 0) is 11.2 Å². The van der Waals surface area contributed by atoms with E-state index in [-0.39, 0.29) is 11.8 Å². The van der Waals surface area contributed by atoms with E-state index in [0.29, 0.717) is 6.42 Å². The molecule has 1 aliphatic carbocycles. The van der Waals surface area contributed by atoms with E-state index in [2.05, 4.69) is 16.6 Å². The fourth-order valence-electron chi connectivity index (χ4n) is 2.67. The van der Waals surface area contributed by atoms with Gasteiger partial charge in [-0.05, 0) is 18.9 Å². The Labute approximate surface area is 99.7 Å². The number of nitrogens with zero attached hydrogens (tertiary/aromatic N) is 1. The number of benzene rings is 1. The summed E-state index contributed by atoms with van der Waals surface area (Å²) in [6, 6.07) is 6.00. The summed E-state index contributed by atoms with van der Waals surface area (Å²) in [7, 11) is 1.69. The highest BCUT2D eigenvalue weighted by atomic mass is 16.5. The van der Waals surface area contributed by atoms with Crippen LogP contribution in [0.1, 0.15) is 24.0 Å². The van der Waals surface area contributed by atoms with E-state index in [9.17, 15) is 4.79 Å². The predicted molar refractivity (Wildman–Crippen MR) is 64.1 cm³/mol. The minimum Gasteiger partial charge on any atom is -0.496 e. The van der Waals surface area contributed by atoms with E-state index >= 15 is 0 Å². The lowest BCUT2D eigenvalue weighted by Gasteiger charge is -2.29. The lowest BCUT2D eigenvalue weighted by molar-refractivity contribution is -0.122. The molecule has 1 aromatic carbocycles. The molecule has 3 rings (SSSR count). The lowest BCUT2D eigenvalue weighted by Crippen LogP contribution is -2.36. The largest absolute Gasteiger partial charge is 0.496 e. The Bertz CT molecular complexity index is 508. The van der Waals surface area contributed by atoms with E-state index in [1.807, 2.05) is 12.1 Å². The number of hydrazone groups is 1. The molecule has 88 valence electrons. The van der Waals surface area contributed by atoms with Crippen molar-refractivity contribution in [1.29, 1.82) is 0 Å². The van der Waals surface area contributed by atoms with Gasteiger partial charge < -0.3 is 4.74 Å². The first kappa shape index (κ1) is 10.3. The maximum absolute atomic E-state index is 11.3. The zero-order valence-corrected chi connectivity index (χ0v) is 9.69. The van der Waals surface area contributed by atoms with Gasteiger partial charge in [-0.2, -0.15) is 5.10 Å². The van der Waals surface area contributed by atoms with Gasteiger partial charge in [0.05, 0.1) is 12.8 Å². The topological polar surface area (TPSA) is 50.7 Å². The second kappa shape index (κ2) is 3.87. The van der Waals surface area contributed by atoms with Crippen molar-refractivity contribution in [2.75, 3.05) is 7.11 Å². The second-order valence-corrected chi connectivity index (χ2v) is 4.46. The molecule has 1 aliphatic heterocycles. The third kappa shape index (κ3) is 1.60. The Hall–Kier alpha value is -1.84. The van der Waals surface area contributed by atoms with Crippen LogP contribution < -0.4 is 10.2 Å². The molecule has 1 amide bonds. The molecule has 0 saturated carbocycles. The van der Waals surface area contributed by atoms with Crippen LogP contribution in [0.4, 0.5) is 0 Å². The molecular formula is C13H14N2O2. The maximum atomic E-state index is 11.3. The number of hydrogen-bond acceptors (Lipinski definition) is 3. The SMILES string of the molecule is COc1cccc2c1CC[C@H]1CC(=O)NN=C21. The van der Waals surface area contributed by atoms with Crippen LogP contribution in [0.25, 0.3) is 0 Å². The van der Waals surface area contributed by atoms with Gasteiger partial charge in [0, 0.05) is 23.5 Å². The number of hydrogen-bond donors (Lipinski definition) is 1. The molecule has 4 nitrogen and oxygen atoms in total. The monoisotopic (exact) mass is 230 g/mol. The van der Waals surface area contributed by atoms with Crippen molar-refractivity contribution in [1.82, 2.24) is 5.43 Å². The highest BCUT2D eigenvalue weighted by molar-refractivity contribution is 6.08. The molecule has 0 bridgehead atoms. The first-order valence-corrected chi connectivity index (χ1v) is 5.82. The summed E-state index contributed by atoms with van der Waals surface area (Å²) in [6.45, 7) is 0. The molecule has 4 heteroatoms. The van der Waals surface area contributed by atoms with Gasteiger partial charge in [0.25, 0.3) is 0 Å². The zero-order valence-electron chi connectivity index (χ0n) is 9.69. The van der Waals surface area contributed by atoms with Gasteiger partial charge in [0.1, 0.15) is 5.75 Å². The summed E-state index contributed by atoms with van der Waals surface area (Å²) in [6.07, 6.45) is 2.48. The Morgan fingerprint density at radius 1 is 1.47 bits per heavy atom. The average Bonchev–Trinajstić information content (AvgIpc) is 2.37. The van der Waals surface area contributed by atoms with Gasteiger partial charge in [-0.15, -0.1) is 0 Å². The van der Waals surface area contributed by atoms with Crippen molar-refractivity contribution < 1.29 is 9.53 Å². The number of amides is 1. The van der Waals surface area contributed by atoms with Crippen LogP contribution in [0.3, 0.4) is 0 Å². The van der Waals surface area contributed by atoms with Gasteiger partial charge in [-0.25, -0.2) is 5.43 Å². The molecule has 0 spiro atoms. The van der Waals surface area contributed by atoms with Crippen LogP contribution in [0.5, 0.6) is 5.75 Å². The van der Waals surface area contributed by atoms with Gasteiger partial charge in [0.15, 0.2) is 0 Å². The van der Waals surface area contributed by atoms with E-state index < -0.39 is 0 Å². The molecule has 1 atom stereocenters. The van der Waals surface area contributed by atoms with Crippen molar-refractivity contribution in [3.63, 3.8) is 0 Å². The summed E-state index contributed by atoms with van der Waals surface area (Å²) >= 11 is 0. The Morgan fingerprint density at radius 2 is 2.35 bits per heavy atom. The molecule has 0 fully saturated rings. The summed E-state index contributed by atoms with van der Waals surface area (Å²) in [5.41, 5.74) is 5.91. The van der Waals surface area contributed by atoms with E-state index in [1.165, 1.54) is 5.56 Å². The van der Waals surface area contributed by atoms with Gasteiger partial charge >= 0.3 is 0 Å². The van der Waals surface area contributed by atoms with E-state index in [1.54, 1.807) is 7.11 Å². The van der Waals surface area contributed by atoms with Crippen molar-refractivity contribution in [3.8, 4) is 5.75 Å². The first-order chi connectivity index (χ1) is 8.29. The fraction of sp³-hybridized carbons (Fsp3) is 0.385. The minimum atomic E-state index is 0.0186. The quantitative estimate of drug-likeness (QED) is 0.794. The van der Waals surface area contributed by atoms with Crippen molar-refractivity contribution in [3.05, 3.63) is 29.3 Å². The number of rotatable bonds is 1. The van der Waals surface area contributed by atoms with Crippen molar-refractivity contribution in [2.45, 2.75) is 19.3 Å². The van der Waals surface area contributed by atoms with E-state index in [4.69, 9.17) is 4.74 Å². The molecule has 0 saturated heterocycles. The molecule has 1 heterocycles. The molecule has 1 N–H and O–H groups in total. The summed E-state index contributed by atoms with van der Waals surface area (Å²) < 4.78 is 5.37. The van der Waals surface area contributed by atoms with Gasteiger partial charge in [0.2, 0.25) is 5.91 Å². The number of fused-ring (bicyclic) bond motifs is 3.